The van der Waals surface area contributed by atoms with Crippen molar-refractivity contribution < 1.29 is 19.1 Å². The van der Waals surface area contributed by atoms with E-state index in [1.165, 1.54) is 40.6 Å². The van der Waals surface area contributed by atoms with Gasteiger partial charge in [0.2, 0.25) is 0 Å². The van der Waals surface area contributed by atoms with Crippen molar-refractivity contribution in [3.05, 3.63) is 53.6 Å². The van der Waals surface area contributed by atoms with Gasteiger partial charge in [-0.1, -0.05) is 41.6 Å². The molecule has 0 aromatic heterocycles. The highest BCUT2D eigenvalue weighted by atomic mass is 32.2. The predicted molar refractivity (Wildman–Crippen MR) is 118 cm³/mol. The van der Waals surface area contributed by atoms with E-state index in [0.29, 0.717) is 13.1 Å². The Morgan fingerprint density at radius 2 is 1.70 bits per heavy atom. The van der Waals surface area contributed by atoms with E-state index in [0.717, 1.165) is 13.1 Å². The van der Waals surface area contributed by atoms with E-state index < -0.39 is 18.2 Å². The predicted octanol–water partition coefficient (Wildman–Crippen LogP) is 3.64. The van der Waals surface area contributed by atoms with Gasteiger partial charge in [0.25, 0.3) is 6.23 Å². The molecular weight excluding hydrogens is 400 g/mol. The molecule has 1 saturated heterocycles. The van der Waals surface area contributed by atoms with Crippen LogP contribution in [0.4, 0.5) is 5.69 Å². The first-order valence-corrected chi connectivity index (χ1v) is 10.8. The molecular formula is C23H28N2O4S. The summed E-state index contributed by atoms with van der Waals surface area (Å²) < 4.78 is 10.0. The van der Waals surface area contributed by atoms with E-state index in [1.807, 2.05) is 11.0 Å². The molecule has 0 spiro atoms. The maximum Gasteiger partial charge on any atom is 0.363 e. The summed E-state index contributed by atoms with van der Waals surface area (Å²) in [4.78, 5) is 30.1. The Morgan fingerprint density at radius 1 is 1.00 bits per heavy atom. The molecule has 0 amide bonds. The summed E-state index contributed by atoms with van der Waals surface area (Å²) in [5.41, 5.74) is 3.69. The standard InChI is InChI=1S/C23H28N2O4S/c1-16-9-10-20(17(2)15-16)30-21-8-6-5-7-19(21)24-11-13-25(14-12-24)22(23(27)28-4)29-18(3)26/h5-10,15,22H,11-14H2,1-4H3/t22-/m0/s1. The smallest absolute Gasteiger partial charge is 0.363 e. The Labute approximate surface area is 182 Å². The van der Waals surface area contributed by atoms with E-state index in [4.69, 9.17) is 9.47 Å². The monoisotopic (exact) mass is 428 g/mol. The molecule has 0 radical (unpaired) electrons. The Hall–Kier alpha value is -2.51. The second-order valence-corrected chi connectivity index (χ2v) is 8.43. The van der Waals surface area contributed by atoms with Gasteiger partial charge >= 0.3 is 11.9 Å². The van der Waals surface area contributed by atoms with Crippen molar-refractivity contribution in [2.75, 3.05) is 38.2 Å². The zero-order chi connectivity index (χ0) is 21.7. The van der Waals surface area contributed by atoms with Crippen LogP contribution in [0, 0.1) is 13.8 Å². The molecule has 0 bridgehead atoms. The molecule has 30 heavy (non-hydrogen) atoms. The third-order valence-corrected chi connectivity index (χ3v) is 6.33. The van der Waals surface area contributed by atoms with E-state index in [2.05, 4.69) is 55.1 Å². The van der Waals surface area contributed by atoms with Crippen LogP contribution in [0.2, 0.25) is 0 Å². The molecule has 160 valence electrons. The SMILES string of the molecule is COC(=O)[C@H](OC(C)=O)N1CCN(c2ccccc2Sc2ccc(C)cc2C)CC1. The van der Waals surface area contributed by atoms with Gasteiger partial charge in [-0.25, -0.2) is 4.79 Å². The number of anilines is 1. The van der Waals surface area contributed by atoms with Crippen LogP contribution >= 0.6 is 11.8 Å². The maximum atomic E-state index is 12.1. The molecule has 0 aliphatic carbocycles. The number of hydrogen-bond acceptors (Lipinski definition) is 7. The summed E-state index contributed by atoms with van der Waals surface area (Å²) in [6.45, 7) is 8.17. The highest BCUT2D eigenvalue weighted by Gasteiger charge is 2.32. The lowest BCUT2D eigenvalue weighted by atomic mass is 10.2. The zero-order valence-corrected chi connectivity index (χ0v) is 18.7. The lowest BCUT2D eigenvalue weighted by Gasteiger charge is -2.38. The van der Waals surface area contributed by atoms with Crippen LogP contribution in [0.5, 0.6) is 0 Å². The van der Waals surface area contributed by atoms with Crippen molar-refractivity contribution in [3.63, 3.8) is 0 Å². The van der Waals surface area contributed by atoms with Crippen LogP contribution in [0.25, 0.3) is 0 Å². The number of carbonyl (C=O) groups excluding carboxylic acids is 2. The first-order chi connectivity index (χ1) is 14.4. The molecule has 0 N–H and O–H groups in total. The van der Waals surface area contributed by atoms with E-state index in [9.17, 15) is 9.59 Å². The lowest BCUT2D eigenvalue weighted by Crippen LogP contribution is -2.54. The Kier molecular flexibility index (Phi) is 7.39. The third-order valence-electron chi connectivity index (χ3n) is 5.08. The number of rotatable bonds is 6. The quantitative estimate of drug-likeness (QED) is 0.651. The van der Waals surface area contributed by atoms with Gasteiger partial charge in [0.05, 0.1) is 12.8 Å². The average molecular weight is 429 g/mol. The van der Waals surface area contributed by atoms with E-state index in [-0.39, 0.29) is 0 Å². The zero-order valence-electron chi connectivity index (χ0n) is 17.9. The summed E-state index contributed by atoms with van der Waals surface area (Å²) in [6, 6.07) is 14.9. The van der Waals surface area contributed by atoms with Crippen molar-refractivity contribution >= 4 is 29.4 Å². The van der Waals surface area contributed by atoms with Crippen LogP contribution in [0.1, 0.15) is 18.1 Å². The minimum absolute atomic E-state index is 0.497. The van der Waals surface area contributed by atoms with Crippen LogP contribution in [0.3, 0.4) is 0 Å². The summed E-state index contributed by atoms with van der Waals surface area (Å²) in [7, 11) is 1.30. The minimum Gasteiger partial charge on any atom is -0.465 e. The number of carbonyl (C=O) groups is 2. The van der Waals surface area contributed by atoms with Crippen molar-refractivity contribution in [2.24, 2.45) is 0 Å². The highest BCUT2D eigenvalue weighted by molar-refractivity contribution is 7.99. The van der Waals surface area contributed by atoms with Crippen molar-refractivity contribution in [2.45, 2.75) is 36.8 Å². The van der Waals surface area contributed by atoms with Crippen molar-refractivity contribution in [3.8, 4) is 0 Å². The second kappa shape index (κ2) is 10.00. The van der Waals surface area contributed by atoms with Crippen molar-refractivity contribution in [1.29, 1.82) is 0 Å². The van der Waals surface area contributed by atoms with Crippen LogP contribution in [0.15, 0.2) is 52.3 Å². The second-order valence-electron chi connectivity index (χ2n) is 7.35. The molecule has 1 aliphatic rings. The molecule has 6 nitrogen and oxygen atoms in total. The molecule has 0 saturated carbocycles. The van der Waals surface area contributed by atoms with Gasteiger partial charge in [-0.2, -0.15) is 0 Å². The van der Waals surface area contributed by atoms with Crippen LogP contribution < -0.4 is 4.90 Å². The van der Waals surface area contributed by atoms with Gasteiger partial charge in [-0.05, 0) is 37.6 Å². The molecule has 7 heteroatoms. The van der Waals surface area contributed by atoms with Gasteiger partial charge in [0.1, 0.15) is 0 Å². The highest BCUT2D eigenvalue weighted by Crippen LogP contribution is 2.37. The maximum absolute atomic E-state index is 12.1. The first kappa shape index (κ1) is 22.2. The lowest BCUT2D eigenvalue weighted by molar-refractivity contribution is -0.178. The number of nitrogens with zero attached hydrogens (tertiary/aromatic N) is 2. The normalized spacial score (nSPS) is 15.5. The molecule has 2 aromatic rings. The summed E-state index contributed by atoms with van der Waals surface area (Å²) >= 11 is 1.77. The van der Waals surface area contributed by atoms with Gasteiger partial charge < -0.3 is 14.4 Å². The first-order valence-electron chi connectivity index (χ1n) is 9.97. The minimum atomic E-state index is -0.991. The van der Waals surface area contributed by atoms with Crippen LogP contribution in [-0.4, -0.2) is 56.4 Å². The fourth-order valence-corrected chi connectivity index (χ4v) is 4.61. The largest absolute Gasteiger partial charge is 0.465 e. The Morgan fingerprint density at radius 3 is 2.33 bits per heavy atom. The Balaban J connectivity index is 1.73. The number of piperazine rings is 1. The van der Waals surface area contributed by atoms with Gasteiger partial charge in [0.15, 0.2) is 0 Å². The molecule has 0 unspecified atom stereocenters. The average Bonchev–Trinajstić information content (AvgIpc) is 2.74. The summed E-state index contributed by atoms with van der Waals surface area (Å²) in [5, 5.41) is 0. The number of esters is 2. The molecule has 1 heterocycles. The molecule has 3 rings (SSSR count). The topological polar surface area (TPSA) is 59.1 Å². The van der Waals surface area contributed by atoms with Gasteiger partial charge in [-0.3, -0.25) is 9.69 Å². The number of aryl methyl sites for hydroxylation is 2. The molecule has 1 atom stereocenters. The Bertz CT molecular complexity index is 910. The van der Waals surface area contributed by atoms with E-state index >= 15 is 0 Å². The fraction of sp³-hybridized carbons (Fsp3) is 0.391. The molecule has 1 aliphatic heterocycles. The van der Waals surface area contributed by atoms with Gasteiger partial charge in [-0.15, -0.1) is 0 Å². The number of para-hydroxylation sites is 1. The summed E-state index contributed by atoms with van der Waals surface area (Å²) in [6.07, 6.45) is -0.991. The summed E-state index contributed by atoms with van der Waals surface area (Å²) in [5.74, 6) is -1.05. The third kappa shape index (κ3) is 5.34. The number of ether oxygens (including phenoxy) is 2. The molecule has 1 fully saturated rings. The van der Waals surface area contributed by atoms with E-state index in [1.54, 1.807) is 11.8 Å². The van der Waals surface area contributed by atoms with Crippen LogP contribution in [-0.2, 0) is 19.1 Å². The number of hydrogen-bond donors (Lipinski definition) is 0. The van der Waals surface area contributed by atoms with Gasteiger partial charge in [0, 0.05) is 42.9 Å². The van der Waals surface area contributed by atoms with Crippen molar-refractivity contribution in [1.82, 2.24) is 4.90 Å². The molecule has 2 aromatic carbocycles. The number of benzene rings is 2. The fourth-order valence-electron chi connectivity index (χ4n) is 3.56. The number of methoxy groups -OCH3 is 1.